The Morgan fingerprint density at radius 2 is 1.84 bits per heavy atom. The highest BCUT2D eigenvalue weighted by Crippen LogP contribution is 2.26. The van der Waals surface area contributed by atoms with Crippen LogP contribution in [0.3, 0.4) is 0 Å². The van der Waals surface area contributed by atoms with Gasteiger partial charge in [-0.2, -0.15) is 0 Å². The Morgan fingerprint density at radius 1 is 1.05 bits per heavy atom. The summed E-state index contributed by atoms with van der Waals surface area (Å²) in [6.07, 6.45) is 4.39. The number of aryl methyl sites for hydroxylation is 1. The summed E-state index contributed by atoms with van der Waals surface area (Å²) in [6.45, 7) is 5.33. The monoisotopic (exact) mass is 616 g/mol. The number of carbonyl (C=O) groups excluding carboxylic acids is 4. The van der Waals surface area contributed by atoms with Crippen LogP contribution >= 0.6 is 11.3 Å². The summed E-state index contributed by atoms with van der Waals surface area (Å²) in [5, 5.41) is 10.8. The number of amides is 4. The topological polar surface area (TPSA) is 172 Å². The molecular weight excluding hydrogens is 584 g/mol. The van der Waals surface area contributed by atoms with Crippen LogP contribution in [-0.4, -0.2) is 68.1 Å². The van der Waals surface area contributed by atoms with Crippen molar-refractivity contribution >= 4 is 35.0 Å². The van der Waals surface area contributed by atoms with E-state index in [0.717, 1.165) is 5.56 Å². The zero-order valence-electron chi connectivity index (χ0n) is 24.4. The lowest BCUT2D eigenvalue weighted by atomic mass is 10.0. The maximum Gasteiger partial charge on any atom is 0.274 e. The quantitative estimate of drug-likeness (QED) is 0.312. The Balaban J connectivity index is 1.47. The summed E-state index contributed by atoms with van der Waals surface area (Å²) in [7, 11) is 0. The van der Waals surface area contributed by atoms with Gasteiger partial charge in [0.25, 0.3) is 17.7 Å². The van der Waals surface area contributed by atoms with E-state index in [0.29, 0.717) is 17.1 Å². The lowest BCUT2D eigenvalue weighted by molar-refractivity contribution is -0.122. The van der Waals surface area contributed by atoms with Gasteiger partial charge < -0.3 is 25.3 Å². The molecule has 0 aliphatic carbocycles. The van der Waals surface area contributed by atoms with Crippen molar-refractivity contribution in [2.24, 2.45) is 5.92 Å². The molecule has 3 N–H and O–H groups in total. The van der Waals surface area contributed by atoms with Crippen molar-refractivity contribution in [2.75, 3.05) is 19.6 Å². The number of fused-ring (bicyclic) bond motifs is 4. The minimum atomic E-state index is -0.695. The molecule has 0 fully saturated rings. The predicted octanol–water partition coefficient (Wildman–Crippen LogP) is 2.64. The molecular formula is C30H32N8O5S. The zero-order valence-corrected chi connectivity index (χ0v) is 25.3. The molecule has 0 radical (unpaired) electrons. The largest absolute Gasteiger partial charge is 0.446 e. The van der Waals surface area contributed by atoms with Gasteiger partial charge in [0.15, 0.2) is 5.69 Å². The molecule has 0 saturated heterocycles. The normalized spacial score (nSPS) is 18.2. The summed E-state index contributed by atoms with van der Waals surface area (Å²) in [5.74, 6) is -1.86. The first-order chi connectivity index (χ1) is 21.2. The molecule has 4 bridgehead atoms. The molecule has 0 spiro atoms. The standard InChI is InChI=1S/C30H32N8O5S/c1-17(2)25-29-36-23(16-44-29)27(41)34-20(11-19-7-5-4-6-8-19)28-35-22(15-43-28)26(40)31-9-10-38(14-24(39)37-25)30(42)21-13-32-18(3)12-33-21/h4-8,12-13,15-17,20,25H,9-11,14H2,1-3H3,(H,31,40)(H,34,41)(H,37,39)/t20-,25-/m0/s1. The van der Waals surface area contributed by atoms with E-state index in [2.05, 4.69) is 35.9 Å². The van der Waals surface area contributed by atoms with Crippen molar-refractivity contribution in [1.29, 1.82) is 0 Å². The molecule has 0 unspecified atom stereocenters. The van der Waals surface area contributed by atoms with Gasteiger partial charge in [0.2, 0.25) is 11.8 Å². The number of hydrogen-bond donors (Lipinski definition) is 3. The molecule has 13 nitrogen and oxygen atoms in total. The van der Waals surface area contributed by atoms with Gasteiger partial charge in [0, 0.05) is 31.1 Å². The number of rotatable bonds is 4. The number of nitrogens with one attached hydrogen (secondary N) is 3. The summed E-state index contributed by atoms with van der Waals surface area (Å²) in [5.41, 5.74) is 1.81. The van der Waals surface area contributed by atoms with Crippen LogP contribution in [-0.2, 0) is 11.2 Å². The third kappa shape index (κ3) is 7.32. The highest BCUT2D eigenvalue weighted by Gasteiger charge is 2.28. The minimum Gasteiger partial charge on any atom is -0.446 e. The maximum absolute atomic E-state index is 13.4. The first-order valence-electron chi connectivity index (χ1n) is 14.1. The SMILES string of the molecule is Cc1cnc(C(=O)N2CCNC(=O)c3coc(n3)[C@H](Cc3ccccc3)NC(=O)c3csc(n3)[C@H](C(C)C)NC(=O)C2)cn1. The van der Waals surface area contributed by atoms with Crippen molar-refractivity contribution in [3.8, 4) is 0 Å². The first-order valence-corrected chi connectivity index (χ1v) is 15.0. The van der Waals surface area contributed by atoms with Crippen LogP contribution in [0.2, 0.25) is 0 Å². The minimum absolute atomic E-state index is 0.00386. The number of benzene rings is 1. The number of nitrogens with zero attached hydrogens (tertiary/aromatic N) is 5. The molecule has 0 saturated carbocycles. The van der Waals surface area contributed by atoms with Crippen LogP contribution in [0.4, 0.5) is 0 Å². The summed E-state index contributed by atoms with van der Waals surface area (Å²) < 4.78 is 5.67. The summed E-state index contributed by atoms with van der Waals surface area (Å²) in [6, 6.07) is 8.29. The highest BCUT2D eigenvalue weighted by molar-refractivity contribution is 7.09. The van der Waals surface area contributed by atoms with E-state index in [4.69, 9.17) is 4.42 Å². The van der Waals surface area contributed by atoms with Crippen molar-refractivity contribution in [3.63, 3.8) is 0 Å². The molecule has 4 aromatic rings. The van der Waals surface area contributed by atoms with Crippen molar-refractivity contribution in [2.45, 2.75) is 39.3 Å². The summed E-state index contributed by atoms with van der Waals surface area (Å²) in [4.78, 5) is 71.5. The average molecular weight is 617 g/mol. The Labute approximate surface area is 257 Å². The third-order valence-electron chi connectivity index (χ3n) is 6.93. The van der Waals surface area contributed by atoms with E-state index in [1.54, 1.807) is 12.3 Å². The Morgan fingerprint density at radius 3 is 2.57 bits per heavy atom. The smallest absolute Gasteiger partial charge is 0.274 e. The molecule has 44 heavy (non-hydrogen) atoms. The second kappa shape index (κ2) is 13.5. The van der Waals surface area contributed by atoms with Gasteiger partial charge in [-0.05, 0) is 18.4 Å². The van der Waals surface area contributed by atoms with Gasteiger partial charge >= 0.3 is 0 Å². The Hall–Kier alpha value is -4.98. The zero-order chi connectivity index (χ0) is 31.2. The molecule has 228 valence electrons. The van der Waals surface area contributed by atoms with Crippen LogP contribution in [0, 0.1) is 12.8 Å². The highest BCUT2D eigenvalue weighted by atomic mass is 32.1. The molecule has 4 heterocycles. The molecule has 1 aliphatic rings. The van der Waals surface area contributed by atoms with Crippen molar-refractivity contribution in [1.82, 2.24) is 40.8 Å². The number of carbonyl (C=O) groups is 4. The van der Waals surface area contributed by atoms with E-state index in [1.165, 1.54) is 34.9 Å². The predicted molar refractivity (Wildman–Crippen MR) is 160 cm³/mol. The molecule has 1 aromatic carbocycles. The second-order valence-electron chi connectivity index (χ2n) is 10.7. The fourth-order valence-electron chi connectivity index (χ4n) is 4.59. The van der Waals surface area contributed by atoms with Crippen LogP contribution in [0.15, 0.2) is 58.8 Å². The third-order valence-corrected chi connectivity index (χ3v) is 7.86. The maximum atomic E-state index is 13.4. The molecule has 2 atom stereocenters. The van der Waals surface area contributed by atoms with Crippen LogP contribution in [0.25, 0.3) is 0 Å². The molecule has 1 aliphatic heterocycles. The number of aromatic nitrogens is 4. The second-order valence-corrected chi connectivity index (χ2v) is 11.6. The van der Waals surface area contributed by atoms with E-state index >= 15 is 0 Å². The Kier molecular flexibility index (Phi) is 9.38. The van der Waals surface area contributed by atoms with Crippen molar-refractivity contribution in [3.05, 3.63) is 93.6 Å². The van der Waals surface area contributed by atoms with Gasteiger partial charge in [0.1, 0.15) is 28.7 Å². The molecule has 4 amide bonds. The number of thiazole rings is 1. The lowest BCUT2D eigenvalue weighted by Crippen LogP contribution is -2.45. The lowest BCUT2D eigenvalue weighted by Gasteiger charge is -2.25. The van der Waals surface area contributed by atoms with Crippen LogP contribution in [0.1, 0.15) is 79.6 Å². The van der Waals surface area contributed by atoms with Crippen LogP contribution < -0.4 is 16.0 Å². The summed E-state index contributed by atoms with van der Waals surface area (Å²) >= 11 is 1.25. The van der Waals surface area contributed by atoms with Gasteiger partial charge in [-0.1, -0.05) is 44.2 Å². The molecule has 14 heteroatoms. The van der Waals surface area contributed by atoms with Gasteiger partial charge in [-0.15, -0.1) is 11.3 Å². The Bertz CT molecular complexity index is 1640. The first kappa shape index (κ1) is 30.5. The fraction of sp³-hybridized carbons (Fsp3) is 0.333. The van der Waals surface area contributed by atoms with E-state index in [1.807, 2.05) is 44.2 Å². The fourth-order valence-corrected chi connectivity index (χ4v) is 5.61. The van der Waals surface area contributed by atoms with Gasteiger partial charge in [-0.25, -0.2) is 15.0 Å². The molecule has 5 rings (SSSR count). The van der Waals surface area contributed by atoms with E-state index < -0.39 is 35.7 Å². The van der Waals surface area contributed by atoms with Crippen molar-refractivity contribution < 1.29 is 23.6 Å². The van der Waals surface area contributed by atoms with E-state index in [-0.39, 0.29) is 48.5 Å². The van der Waals surface area contributed by atoms with Crippen LogP contribution in [0.5, 0.6) is 0 Å². The molecule has 3 aromatic heterocycles. The van der Waals surface area contributed by atoms with Gasteiger partial charge in [-0.3, -0.25) is 24.2 Å². The van der Waals surface area contributed by atoms with E-state index in [9.17, 15) is 19.2 Å². The number of hydrogen-bond acceptors (Lipinski definition) is 10. The average Bonchev–Trinajstić information content (AvgIpc) is 3.70. The number of oxazole rings is 1. The van der Waals surface area contributed by atoms with Gasteiger partial charge in [0.05, 0.1) is 24.5 Å².